The van der Waals surface area contributed by atoms with Crippen LogP contribution in [-0.2, 0) is 0 Å². The summed E-state index contributed by atoms with van der Waals surface area (Å²) >= 11 is 0. The van der Waals surface area contributed by atoms with E-state index in [2.05, 4.69) is 16.9 Å². The molecule has 0 amide bonds. The minimum atomic E-state index is 0.466. The Balaban J connectivity index is 2.25. The first-order valence-corrected chi connectivity index (χ1v) is 4.76. The standard InChI is InChI=1S/C10H17N3/c1-2-5-13-10(11)7-9-4-3-6-12-8-9/h2,5,9,11-12H,1,3-4,6-8H2. The Kier molecular flexibility index (Phi) is 4.40. The van der Waals surface area contributed by atoms with Crippen molar-refractivity contribution < 1.29 is 0 Å². The molecule has 1 unspecified atom stereocenters. The van der Waals surface area contributed by atoms with Gasteiger partial charge < -0.3 is 5.32 Å². The van der Waals surface area contributed by atoms with Gasteiger partial charge in [-0.3, -0.25) is 5.41 Å². The van der Waals surface area contributed by atoms with Gasteiger partial charge in [-0.1, -0.05) is 12.7 Å². The van der Waals surface area contributed by atoms with Crippen LogP contribution in [0.4, 0.5) is 0 Å². The van der Waals surface area contributed by atoms with Crippen LogP contribution in [0.5, 0.6) is 0 Å². The molecule has 0 aromatic heterocycles. The molecule has 13 heavy (non-hydrogen) atoms. The van der Waals surface area contributed by atoms with Crippen molar-refractivity contribution in [2.45, 2.75) is 19.3 Å². The maximum atomic E-state index is 7.55. The van der Waals surface area contributed by atoms with Crippen molar-refractivity contribution in [1.29, 1.82) is 5.41 Å². The molecule has 3 nitrogen and oxygen atoms in total. The maximum absolute atomic E-state index is 7.55. The normalized spacial score (nSPS) is 23.2. The van der Waals surface area contributed by atoms with E-state index < -0.39 is 0 Å². The number of piperidine rings is 1. The Bertz CT molecular complexity index is 202. The van der Waals surface area contributed by atoms with Crippen molar-refractivity contribution in [3.05, 3.63) is 12.7 Å². The molecule has 1 fully saturated rings. The number of nitrogens with one attached hydrogen (secondary N) is 2. The highest BCUT2D eigenvalue weighted by atomic mass is 14.9. The summed E-state index contributed by atoms with van der Waals surface area (Å²) < 4.78 is 0. The second-order valence-electron chi connectivity index (χ2n) is 3.38. The third-order valence-corrected chi connectivity index (χ3v) is 2.22. The van der Waals surface area contributed by atoms with Crippen LogP contribution in [0.2, 0.25) is 0 Å². The van der Waals surface area contributed by atoms with Gasteiger partial charge in [-0.2, -0.15) is 0 Å². The minimum Gasteiger partial charge on any atom is -0.316 e. The predicted octanol–water partition coefficient (Wildman–Crippen LogP) is 1.61. The van der Waals surface area contributed by atoms with Gasteiger partial charge in [0.05, 0.1) is 0 Å². The quantitative estimate of drug-likeness (QED) is 0.502. The summed E-state index contributed by atoms with van der Waals surface area (Å²) in [5.74, 6) is 1.07. The van der Waals surface area contributed by atoms with Crippen molar-refractivity contribution in [3.63, 3.8) is 0 Å². The van der Waals surface area contributed by atoms with Crippen LogP contribution in [0.1, 0.15) is 19.3 Å². The zero-order chi connectivity index (χ0) is 9.52. The van der Waals surface area contributed by atoms with E-state index in [1.165, 1.54) is 12.8 Å². The molecule has 0 aromatic rings. The zero-order valence-corrected chi connectivity index (χ0v) is 7.92. The van der Waals surface area contributed by atoms with Gasteiger partial charge in [-0.15, -0.1) is 0 Å². The summed E-state index contributed by atoms with van der Waals surface area (Å²) in [7, 11) is 0. The molecule has 3 heteroatoms. The molecular formula is C10H17N3. The lowest BCUT2D eigenvalue weighted by Gasteiger charge is -2.21. The summed E-state index contributed by atoms with van der Waals surface area (Å²) in [6.07, 6.45) is 6.42. The van der Waals surface area contributed by atoms with Gasteiger partial charge in [0.15, 0.2) is 0 Å². The molecule has 0 bridgehead atoms. The molecule has 1 saturated heterocycles. The highest BCUT2D eigenvalue weighted by molar-refractivity contribution is 5.90. The first kappa shape index (κ1) is 10.1. The van der Waals surface area contributed by atoms with Crippen molar-refractivity contribution in [3.8, 4) is 0 Å². The van der Waals surface area contributed by atoms with Crippen molar-refractivity contribution >= 4 is 12.1 Å². The Morgan fingerprint density at radius 2 is 2.54 bits per heavy atom. The van der Waals surface area contributed by atoms with E-state index in [-0.39, 0.29) is 0 Å². The highest BCUT2D eigenvalue weighted by Crippen LogP contribution is 2.14. The van der Waals surface area contributed by atoms with Gasteiger partial charge in [0, 0.05) is 12.6 Å². The molecule has 0 radical (unpaired) electrons. The number of nitrogens with zero attached hydrogens (tertiary/aromatic N) is 1. The topological polar surface area (TPSA) is 48.2 Å². The van der Waals surface area contributed by atoms with Crippen LogP contribution in [0, 0.1) is 11.3 Å². The van der Waals surface area contributed by atoms with E-state index >= 15 is 0 Å². The third kappa shape index (κ3) is 3.99. The molecule has 0 saturated carbocycles. The zero-order valence-electron chi connectivity index (χ0n) is 7.92. The van der Waals surface area contributed by atoms with E-state index in [0.29, 0.717) is 11.8 Å². The van der Waals surface area contributed by atoms with Gasteiger partial charge in [0.1, 0.15) is 5.84 Å². The second-order valence-corrected chi connectivity index (χ2v) is 3.38. The fourth-order valence-corrected chi connectivity index (χ4v) is 1.57. The van der Waals surface area contributed by atoms with Crippen LogP contribution in [0.3, 0.4) is 0 Å². The molecule has 1 atom stereocenters. The number of hydrogen-bond acceptors (Lipinski definition) is 2. The fourth-order valence-electron chi connectivity index (χ4n) is 1.57. The molecule has 72 valence electrons. The molecular weight excluding hydrogens is 162 g/mol. The maximum Gasteiger partial charge on any atom is 0.120 e. The second kappa shape index (κ2) is 5.65. The Morgan fingerprint density at radius 1 is 1.69 bits per heavy atom. The lowest BCUT2D eigenvalue weighted by Crippen LogP contribution is -2.30. The number of hydrogen-bond donors (Lipinski definition) is 2. The molecule has 1 aliphatic rings. The summed E-state index contributed by atoms with van der Waals surface area (Å²) in [5, 5.41) is 10.9. The van der Waals surface area contributed by atoms with Crippen LogP contribution >= 0.6 is 0 Å². The summed E-state index contributed by atoms with van der Waals surface area (Å²) in [5.41, 5.74) is 0. The van der Waals surface area contributed by atoms with Crippen LogP contribution < -0.4 is 5.32 Å². The largest absolute Gasteiger partial charge is 0.316 e. The first-order valence-electron chi connectivity index (χ1n) is 4.76. The average Bonchev–Trinajstić information content (AvgIpc) is 2.16. The van der Waals surface area contributed by atoms with Gasteiger partial charge >= 0.3 is 0 Å². The lowest BCUT2D eigenvalue weighted by atomic mass is 9.96. The summed E-state index contributed by atoms with van der Waals surface area (Å²) in [6, 6.07) is 0. The summed E-state index contributed by atoms with van der Waals surface area (Å²) in [4.78, 5) is 3.95. The van der Waals surface area contributed by atoms with E-state index in [9.17, 15) is 0 Å². The number of amidine groups is 1. The summed E-state index contributed by atoms with van der Waals surface area (Å²) in [6.45, 7) is 5.68. The molecule has 2 N–H and O–H groups in total. The number of rotatable bonds is 3. The van der Waals surface area contributed by atoms with Gasteiger partial charge in [0.25, 0.3) is 0 Å². The molecule has 1 aliphatic heterocycles. The first-order chi connectivity index (χ1) is 6.33. The van der Waals surface area contributed by atoms with Gasteiger partial charge in [-0.05, 0) is 31.8 Å². The minimum absolute atomic E-state index is 0.466. The average molecular weight is 179 g/mol. The van der Waals surface area contributed by atoms with Gasteiger partial charge in [0.2, 0.25) is 0 Å². The third-order valence-electron chi connectivity index (χ3n) is 2.22. The molecule has 0 spiro atoms. The van der Waals surface area contributed by atoms with Crippen molar-refractivity contribution in [1.82, 2.24) is 5.32 Å². The van der Waals surface area contributed by atoms with Crippen LogP contribution in [0.15, 0.2) is 17.6 Å². The van der Waals surface area contributed by atoms with Crippen molar-refractivity contribution in [2.75, 3.05) is 13.1 Å². The van der Waals surface area contributed by atoms with Gasteiger partial charge in [-0.25, -0.2) is 4.99 Å². The molecule has 1 heterocycles. The van der Waals surface area contributed by atoms with E-state index in [1.807, 2.05) is 0 Å². The number of aliphatic imine (C=N–C) groups is 1. The molecule has 0 aliphatic carbocycles. The lowest BCUT2D eigenvalue weighted by molar-refractivity contribution is 0.387. The monoisotopic (exact) mass is 179 g/mol. The molecule has 0 aromatic carbocycles. The Morgan fingerprint density at radius 3 is 3.15 bits per heavy atom. The van der Waals surface area contributed by atoms with Crippen molar-refractivity contribution in [2.24, 2.45) is 10.9 Å². The Hall–Kier alpha value is -0.960. The van der Waals surface area contributed by atoms with Crippen LogP contribution in [-0.4, -0.2) is 25.1 Å². The fraction of sp³-hybridized carbons (Fsp3) is 0.600. The van der Waals surface area contributed by atoms with E-state index in [4.69, 9.17) is 5.41 Å². The van der Waals surface area contributed by atoms with E-state index in [0.717, 1.165) is 19.5 Å². The number of allylic oxidation sites excluding steroid dienone is 1. The smallest absolute Gasteiger partial charge is 0.120 e. The Labute approximate surface area is 79.5 Å². The predicted molar refractivity (Wildman–Crippen MR) is 56.6 cm³/mol. The molecule has 1 rings (SSSR count). The van der Waals surface area contributed by atoms with Crippen LogP contribution in [0.25, 0.3) is 0 Å². The SMILES string of the molecule is C=CC=NC(=N)CC1CCCNC1. The van der Waals surface area contributed by atoms with E-state index in [1.54, 1.807) is 12.3 Å². The highest BCUT2D eigenvalue weighted by Gasteiger charge is 2.13.